The fourth-order valence-corrected chi connectivity index (χ4v) is 1.86. The number of hydrogen-bond acceptors (Lipinski definition) is 2. The van der Waals surface area contributed by atoms with Gasteiger partial charge in [0.05, 0.1) is 0 Å². The molecule has 0 aliphatic rings. The second-order valence-electron chi connectivity index (χ2n) is 3.94. The molecule has 0 bridgehead atoms. The SMILES string of the molecule is C=Cc1ccccc1C(=O)Cl.O=c1c2ccccc12. The number of halogens is 1. The van der Waals surface area contributed by atoms with Crippen LogP contribution >= 0.6 is 11.6 Å². The van der Waals surface area contributed by atoms with Crippen LogP contribution in [0.1, 0.15) is 15.9 Å². The van der Waals surface area contributed by atoms with Gasteiger partial charge < -0.3 is 0 Å². The van der Waals surface area contributed by atoms with E-state index in [2.05, 4.69) is 6.58 Å². The third kappa shape index (κ3) is 2.98. The third-order valence-electron chi connectivity index (χ3n) is 2.75. The molecule has 0 saturated carbocycles. The molecule has 3 aromatic carbocycles. The predicted molar refractivity (Wildman–Crippen MR) is 79.3 cm³/mol. The minimum absolute atomic E-state index is 0.218. The van der Waals surface area contributed by atoms with Crippen LogP contribution < -0.4 is 5.43 Å². The lowest BCUT2D eigenvalue weighted by Crippen LogP contribution is -1.91. The van der Waals surface area contributed by atoms with E-state index >= 15 is 0 Å². The van der Waals surface area contributed by atoms with Gasteiger partial charge in [-0.25, -0.2) is 0 Å². The molecule has 3 heteroatoms. The number of hydrogen-bond donors (Lipinski definition) is 0. The van der Waals surface area contributed by atoms with Crippen LogP contribution in [0.25, 0.3) is 16.8 Å². The Morgan fingerprint density at radius 3 is 1.95 bits per heavy atom. The lowest BCUT2D eigenvalue weighted by molar-refractivity contribution is 0.108. The Morgan fingerprint density at radius 2 is 1.53 bits per heavy atom. The highest BCUT2D eigenvalue weighted by molar-refractivity contribution is 6.68. The van der Waals surface area contributed by atoms with E-state index in [0.29, 0.717) is 5.56 Å². The van der Waals surface area contributed by atoms with Crippen LogP contribution in [0.3, 0.4) is 0 Å². The number of fused-ring (bicyclic) bond motifs is 1. The van der Waals surface area contributed by atoms with Crippen molar-refractivity contribution in [3.63, 3.8) is 0 Å². The molecule has 19 heavy (non-hydrogen) atoms. The van der Waals surface area contributed by atoms with Gasteiger partial charge in [-0.15, -0.1) is 0 Å². The van der Waals surface area contributed by atoms with Crippen molar-refractivity contribution in [3.05, 3.63) is 76.5 Å². The third-order valence-corrected chi connectivity index (χ3v) is 2.95. The molecule has 0 spiro atoms. The molecule has 0 aliphatic carbocycles. The molecule has 0 amide bonds. The number of carbonyl (C=O) groups is 1. The van der Waals surface area contributed by atoms with Crippen molar-refractivity contribution in [1.82, 2.24) is 0 Å². The average Bonchev–Trinajstić information content (AvgIpc) is 3.11. The summed E-state index contributed by atoms with van der Waals surface area (Å²) in [6.45, 7) is 3.56. The zero-order valence-corrected chi connectivity index (χ0v) is 10.9. The molecular weight excluding hydrogens is 260 g/mol. The van der Waals surface area contributed by atoms with Gasteiger partial charge in [0.2, 0.25) is 0 Å². The van der Waals surface area contributed by atoms with E-state index in [1.54, 1.807) is 24.3 Å². The van der Waals surface area contributed by atoms with E-state index in [-0.39, 0.29) is 5.43 Å². The molecule has 0 radical (unpaired) electrons. The quantitative estimate of drug-likeness (QED) is 0.664. The number of benzene rings is 2. The second-order valence-corrected chi connectivity index (χ2v) is 4.28. The van der Waals surface area contributed by atoms with Gasteiger partial charge in [-0.05, 0) is 23.2 Å². The summed E-state index contributed by atoms with van der Waals surface area (Å²) in [5, 5.41) is 1.35. The van der Waals surface area contributed by atoms with Crippen molar-refractivity contribution >= 4 is 33.7 Å². The fourth-order valence-electron chi connectivity index (χ4n) is 1.69. The first-order chi connectivity index (χ1) is 9.15. The summed E-state index contributed by atoms with van der Waals surface area (Å²) in [6, 6.07) is 14.5. The first-order valence-electron chi connectivity index (χ1n) is 5.70. The second kappa shape index (κ2) is 5.63. The van der Waals surface area contributed by atoms with E-state index in [9.17, 15) is 9.59 Å². The first kappa shape index (κ1) is 13.2. The summed E-state index contributed by atoms with van der Waals surface area (Å²) in [4.78, 5) is 21.3. The van der Waals surface area contributed by atoms with Crippen molar-refractivity contribution in [3.8, 4) is 0 Å². The highest BCUT2D eigenvalue weighted by Gasteiger charge is 2.07. The van der Waals surface area contributed by atoms with Crippen LogP contribution in [-0.4, -0.2) is 5.24 Å². The first-order valence-corrected chi connectivity index (χ1v) is 6.08. The Morgan fingerprint density at radius 1 is 1.00 bits per heavy atom. The Hall–Kier alpha value is -2.19. The lowest BCUT2D eigenvalue weighted by Gasteiger charge is -1.97. The van der Waals surface area contributed by atoms with Gasteiger partial charge in [0.25, 0.3) is 5.24 Å². The topological polar surface area (TPSA) is 34.1 Å². The highest BCUT2D eigenvalue weighted by atomic mass is 35.5. The maximum atomic E-state index is 10.7. The molecule has 2 nitrogen and oxygen atoms in total. The molecule has 94 valence electrons. The predicted octanol–water partition coefficient (Wildman–Crippen LogP) is 3.78. The largest absolute Gasteiger partial charge is 0.289 e. The zero-order valence-electron chi connectivity index (χ0n) is 10.1. The molecule has 3 aromatic rings. The molecule has 3 rings (SSSR count). The molecule has 0 N–H and O–H groups in total. The molecule has 0 aliphatic heterocycles. The van der Waals surface area contributed by atoms with Crippen molar-refractivity contribution in [1.29, 1.82) is 0 Å². The monoisotopic (exact) mass is 270 g/mol. The molecule has 0 fully saturated rings. The van der Waals surface area contributed by atoms with Crippen LogP contribution in [-0.2, 0) is 0 Å². The summed E-state index contributed by atoms with van der Waals surface area (Å²) in [6.07, 6.45) is 1.61. The Labute approximate surface area is 115 Å². The number of carbonyl (C=O) groups excluding carboxylic acids is 1. The summed E-state index contributed by atoms with van der Waals surface area (Å²) >= 11 is 5.30. The summed E-state index contributed by atoms with van der Waals surface area (Å²) in [5.74, 6) is 0. The average molecular weight is 271 g/mol. The Balaban J connectivity index is 0.000000146. The van der Waals surface area contributed by atoms with Crippen LogP contribution in [0.5, 0.6) is 0 Å². The maximum Gasteiger partial charge on any atom is 0.252 e. The van der Waals surface area contributed by atoms with Crippen LogP contribution in [0.2, 0.25) is 0 Å². The van der Waals surface area contributed by atoms with Crippen molar-refractivity contribution in [2.45, 2.75) is 0 Å². The van der Waals surface area contributed by atoms with E-state index in [1.807, 2.05) is 30.3 Å². The summed E-state index contributed by atoms with van der Waals surface area (Å²) in [5.41, 5.74) is 1.49. The highest BCUT2D eigenvalue weighted by Crippen LogP contribution is 2.12. The number of rotatable bonds is 2. The van der Waals surface area contributed by atoms with Crippen LogP contribution in [0.15, 0.2) is 59.9 Å². The fraction of sp³-hybridized carbons (Fsp3) is 0. The zero-order chi connectivity index (χ0) is 13.8. The molecule has 0 saturated heterocycles. The summed E-state index contributed by atoms with van der Waals surface area (Å²) < 4.78 is 0. The van der Waals surface area contributed by atoms with Gasteiger partial charge in [-0.1, -0.05) is 55.1 Å². The summed E-state index contributed by atoms with van der Waals surface area (Å²) in [7, 11) is 0. The van der Waals surface area contributed by atoms with Crippen molar-refractivity contribution < 1.29 is 4.79 Å². The van der Waals surface area contributed by atoms with Gasteiger partial charge in [0, 0.05) is 16.3 Å². The molecule has 0 unspecified atom stereocenters. The van der Waals surface area contributed by atoms with Crippen LogP contribution in [0.4, 0.5) is 0 Å². The molecule has 0 atom stereocenters. The van der Waals surface area contributed by atoms with Gasteiger partial charge in [-0.3, -0.25) is 9.59 Å². The standard InChI is InChI=1S/C9H7ClO.C7H4O/c1-2-7-5-3-4-6-8(7)9(10)11;8-7-5-3-1-2-4-6(5)7/h2-6H,1H2;1-4H. The van der Waals surface area contributed by atoms with Gasteiger partial charge in [0.1, 0.15) is 0 Å². The van der Waals surface area contributed by atoms with Crippen molar-refractivity contribution in [2.24, 2.45) is 0 Å². The molecule has 0 heterocycles. The van der Waals surface area contributed by atoms with E-state index in [1.165, 1.54) is 0 Å². The van der Waals surface area contributed by atoms with Gasteiger partial charge in [0.15, 0.2) is 5.43 Å². The lowest BCUT2D eigenvalue weighted by atomic mass is 10.1. The van der Waals surface area contributed by atoms with Crippen LogP contribution in [0, 0.1) is 0 Å². The maximum absolute atomic E-state index is 10.7. The molecule has 0 aromatic heterocycles. The smallest absolute Gasteiger partial charge is 0.252 e. The van der Waals surface area contributed by atoms with Crippen molar-refractivity contribution in [2.75, 3.05) is 0 Å². The van der Waals surface area contributed by atoms with E-state index in [4.69, 9.17) is 11.6 Å². The minimum Gasteiger partial charge on any atom is -0.289 e. The van der Waals surface area contributed by atoms with E-state index < -0.39 is 5.24 Å². The molecular formula is C16H11ClO2. The Kier molecular flexibility index (Phi) is 3.93. The Bertz CT molecular complexity index is 718. The normalized spacial score (nSPS) is 9.95. The minimum atomic E-state index is -0.444. The van der Waals surface area contributed by atoms with E-state index in [0.717, 1.165) is 16.3 Å². The van der Waals surface area contributed by atoms with Gasteiger partial charge >= 0.3 is 0 Å². The van der Waals surface area contributed by atoms with Gasteiger partial charge in [-0.2, -0.15) is 0 Å².